The lowest BCUT2D eigenvalue weighted by Gasteiger charge is -2.20. The van der Waals surface area contributed by atoms with Crippen molar-refractivity contribution in [3.63, 3.8) is 0 Å². The zero-order valence-electron chi connectivity index (χ0n) is 14.7. The largest absolute Gasteiger partial charge is 0.497 e. The highest BCUT2D eigenvalue weighted by Gasteiger charge is 2.11. The van der Waals surface area contributed by atoms with Gasteiger partial charge in [-0.3, -0.25) is 4.40 Å². The van der Waals surface area contributed by atoms with Gasteiger partial charge in [0.25, 0.3) is 0 Å². The summed E-state index contributed by atoms with van der Waals surface area (Å²) < 4.78 is 8.66. The third kappa shape index (κ3) is 2.74. The molecule has 0 saturated carbocycles. The van der Waals surface area contributed by atoms with Crippen molar-refractivity contribution in [3.05, 3.63) is 48.7 Å². The molecule has 25 heavy (non-hydrogen) atoms. The van der Waals surface area contributed by atoms with Gasteiger partial charge in [0.2, 0.25) is 0 Å². The molecule has 0 saturated heterocycles. The molecule has 0 atom stereocenters. The predicted molar refractivity (Wildman–Crippen MR) is 106 cm³/mol. The molecule has 0 fully saturated rings. The molecule has 2 aromatic carbocycles. The van der Waals surface area contributed by atoms with Gasteiger partial charge in [0.05, 0.1) is 23.0 Å². The van der Waals surface area contributed by atoms with E-state index in [1.54, 1.807) is 18.4 Å². The topological polar surface area (TPSA) is 29.8 Å². The van der Waals surface area contributed by atoms with Crippen molar-refractivity contribution >= 4 is 32.2 Å². The van der Waals surface area contributed by atoms with Crippen molar-refractivity contribution in [1.82, 2.24) is 9.38 Å². The van der Waals surface area contributed by atoms with Gasteiger partial charge in [-0.2, -0.15) is 0 Å². The normalized spacial score (nSPS) is 11.3. The predicted octanol–water partition coefficient (Wildman–Crippen LogP) is 5.07. The molecule has 0 N–H and O–H groups in total. The number of thiazole rings is 1. The lowest BCUT2D eigenvalue weighted by Crippen LogP contribution is -2.21. The van der Waals surface area contributed by atoms with Gasteiger partial charge in [0, 0.05) is 30.5 Å². The first-order valence-electron chi connectivity index (χ1n) is 8.54. The number of hydrogen-bond acceptors (Lipinski definition) is 4. The minimum atomic E-state index is 0.879. The van der Waals surface area contributed by atoms with Gasteiger partial charge in [-0.15, -0.1) is 0 Å². The monoisotopic (exact) mass is 350 g/mol. The summed E-state index contributed by atoms with van der Waals surface area (Å²) >= 11 is 1.69. The van der Waals surface area contributed by atoms with E-state index in [1.807, 2.05) is 6.07 Å². The van der Waals surface area contributed by atoms with E-state index in [0.717, 1.165) is 35.1 Å². The minimum absolute atomic E-state index is 0.879. The van der Waals surface area contributed by atoms with Gasteiger partial charge >= 0.3 is 0 Å². The van der Waals surface area contributed by atoms with Crippen LogP contribution in [-0.4, -0.2) is 29.6 Å². The summed E-state index contributed by atoms with van der Waals surface area (Å²) in [6.07, 6.45) is 2.12. The molecule has 128 valence electrons. The molecule has 0 aliphatic rings. The first-order valence-corrected chi connectivity index (χ1v) is 9.36. The number of ether oxygens (including phenoxy) is 1. The molecule has 0 bridgehead atoms. The Labute approximate surface area is 151 Å². The molecular weight excluding hydrogens is 329 g/mol. The highest BCUT2D eigenvalue weighted by Crippen LogP contribution is 2.32. The van der Waals surface area contributed by atoms with E-state index in [-0.39, 0.29) is 0 Å². The number of imidazole rings is 1. The molecule has 4 rings (SSSR count). The Hall–Kier alpha value is -2.53. The third-order valence-corrected chi connectivity index (χ3v) is 5.61. The van der Waals surface area contributed by atoms with Crippen molar-refractivity contribution in [1.29, 1.82) is 0 Å². The quantitative estimate of drug-likeness (QED) is 0.503. The molecule has 0 aliphatic carbocycles. The standard InChI is InChI=1S/C20H21N3OS/c1-4-22(5-2)15-8-6-14(7-9-15)17-13-23-18-11-10-16(24-3)12-19(18)25-20(23)21-17/h6-13H,4-5H2,1-3H3/i3-1. The molecule has 0 amide bonds. The maximum atomic E-state index is 5.31. The Balaban J connectivity index is 1.72. The van der Waals surface area contributed by atoms with Gasteiger partial charge in [-0.05, 0) is 44.2 Å². The SMILES string of the molecule is CCN(CC)c1ccc(-c2cn3c(n2)sc2cc(O[11CH3])ccc23)cc1. The second-order valence-electron chi connectivity index (χ2n) is 5.93. The van der Waals surface area contributed by atoms with E-state index < -0.39 is 0 Å². The van der Waals surface area contributed by atoms with Crippen LogP contribution < -0.4 is 9.64 Å². The minimum Gasteiger partial charge on any atom is -0.497 e. The van der Waals surface area contributed by atoms with Crippen LogP contribution in [-0.2, 0) is 0 Å². The van der Waals surface area contributed by atoms with Crippen LogP contribution in [0.3, 0.4) is 0 Å². The second kappa shape index (κ2) is 6.41. The molecule has 5 heteroatoms. The Bertz CT molecular complexity index is 1010. The number of anilines is 1. The summed E-state index contributed by atoms with van der Waals surface area (Å²) in [6, 6.07) is 14.8. The summed E-state index contributed by atoms with van der Waals surface area (Å²) in [5.41, 5.74) is 4.58. The Morgan fingerprint density at radius 2 is 1.84 bits per heavy atom. The average molecular weight is 350 g/mol. The number of nitrogens with zero attached hydrogens (tertiary/aromatic N) is 3. The van der Waals surface area contributed by atoms with Crippen LogP contribution in [0.4, 0.5) is 5.69 Å². The van der Waals surface area contributed by atoms with Crippen LogP contribution in [0.1, 0.15) is 13.8 Å². The highest BCUT2D eigenvalue weighted by atomic mass is 32.1. The number of methoxy groups -OCH3 is 1. The maximum absolute atomic E-state index is 5.31. The Kier molecular flexibility index (Phi) is 4.09. The Morgan fingerprint density at radius 3 is 2.52 bits per heavy atom. The number of benzene rings is 2. The van der Waals surface area contributed by atoms with Crippen LogP contribution in [0.5, 0.6) is 5.75 Å². The fraction of sp³-hybridized carbons (Fsp3) is 0.250. The summed E-state index contributed by atoms with van der Waals surface area (Å²) in [6.45, 7) is 6.40. The molecule has 0 spiro atoms. The van der Waals surface area contributed by atoms with E-state index in [9.17, 15) is 0 Å². The molecule has 2 aromatic heterocycles. The van der Waals surface area contributed by atoms with Gasteiger partial charge in [-0.25, -0.2) is 4.98 Å². The molecule has 4 nitrogen and oxygen atoms in total. The Morgan fingerprint density at radius 1 is 1.08 bits per heavy atom. The first-order chi connectivity index (χ1) is 12.2. The summed E-state index contributed by atoms with van der Waals surface area (Å²) in [7, 11) is 1.69. The van der Waals surface area contributed by atoms with E-state index in [0.29, 0.717) is 0 Å². The fourth-order valence-corrected chi connectivity index (χ4v) is 4.22. The van der Waals surface area contributed by atoms with E-state index in [1.165, 1.54) is 15.9 Å². The van der Waals surface area contributed by atoms with Crippen molar-refractivity contribution in [2.45, 2.75) is 13.8 Å². The number of aromatic nitrogens is 2. The van der Waals surface area contributed by atoms with E-state index in [2.05, 4.69) is 65.7 Å². The molecule has 0 radical (unpaired) electrons. The van der Waals surface area contributed by atoms with Crippen molar-refractivity contribution in [2.75, 3.05) is 25.1 Å². The number of hydrogen-bond donors (Lipinski definition) is 0. The van der Waals surface area contributed by atoms with Crippen LogP contribution in [0.25, 0.3) is 26.4 Å². The zero-order valence-corrected chi connectivity index (χ0v) is 15.5. The van der Waals surface area contributed by atoms with E-state index in [4.69, 9.17) is 9.72 Å². The van der Waals surface area contributed by atoms with Gasteiger partial charge < -0.3 is 9.64 Å². The van der Waals surface area contributed by atoms with Crippen molar-refractivity contribution in [3.8, 4) is 17.0 Å². The number of rotatable bonds is 5. The fourth-order valence-electron chi connectivity index (χ4n) is 3.18. The van der Waals surface area contributed by atoms with Crippen LogP contribution in [0, 0.1) is 0 Å². The van der Waals surface area contributed by atoms with Crippen molar-refractivity contribution < 1.29 is 4.74 Å². The first kappa shape index (κ1) is 16.0. The summed E-state index contributed by atoms with van der Waals surface area (Å²) in [5.74, 6) is 0.879. The van der Waals surface area contributed by atoms with Crippen LogP contribution >= 0.6 is 11.3 Å². The van der Waals surface area contributed by atoms with Gasteiger partial charge in [-0.1, -0.05) is 23.5 Å². The van der Waals surface area contributed by atoms with Gasteiger partial charge in [0.1, 0.15) is 5.75 Å². The highest BCUT2D eigenvalue weighted by molar-refractivity contribution is 7.23. The van der Waals surface area contributed by atoms with Crippen LogP contribution in [0.15, 0.2) is 48.7 Å². The van der Waals surface area contributed by atoms with E-state index >= 15 is 0 Å². The molecule has 2 heterocycles. The smallest absolute Gasteiger partial charge is 0.195 e. The maximum Gasteiger partial charge on any atom is 0.195 e. The molecule has 0 unspecified atom stereocenters. The van der Waals surface area contributed by atoms with Crippen LogP contribution in [0.2, 0.25) is 0 Å². The average Bonchev–Trinajstić information content (AvgIpc) is 3.20. The molecule has 0 aliphatic heterocycles. The molecular formula is C20H21N3OS. The third-order valence-electron chi connectivity index (χ3n) is 4.59. The lowest BCUT2D eigenvalue weighted by molar-refractivity contribution is 0.415. The van der Waals surface area contributed by atoms with Gasteiger partial charge in [0.15, 0.2) is 4.96 Å². The number of fused-ring (bicyclic) bond motifs is 3. The second-order valence-corrected chi connectivity index (χ2v) is 6.94. The molecule has 4 aromatic rings. The summed E-state index contributed by atoms with van der Waals surface area (Å²) in [5, 5.41) is 0. The van der Waals surface area contributed by atoms with Crippen molar-refractivity contribution in [2.24, 2.45) is 0 Å². The lowest BCUT2D eigenvalue weighted by atomic mass is 10.1. The summed E-state index contributed by atoms with van der Waals surface area (Å²) in [4.78, 5) is 8.17. The zero-order chi connectivity index (χ0) is 17.4.